The summed E-state index contributed by atoms with van der Waals surface area (Å²) in [6, 6.07) is 17.5. The average molecular weight is 448 g/mol. The van der Waals surface area contributed by atoms with Gasteiger partial charge in [0.05, 0.1) is 11.7 Å². The second-order valence-electron chi connectivity index (χ2n) is 8.87. The minimum atomic E-state index is -0.288. The van der Waals surface area contributed by atoms with Gasteiger partial charge in [-0.25, -0.2) is 0 Å². The number of hydrogen-bond acceptors (Lipinski definition) is 5. The van der Waals surface area contributed by atoms with Crippen molar-refractivity contribution in [2.24, 2.45) is 0 Å². The molecule has 2 aliphatic rings. The van der Waals surface area contributed by atoms with Crippen LogP contribution in [-0.2, 0) is 14.3 Å². The number of carbonyl (C=O) groups is 2. The van der Waals surface area contributed by atoms with Gasteiger partial charge in [-0.1, -0.05) is 30.3 Å². The van der Waals surface area contributed by atoms with Crippen molar-refractivity contribution in [3.63, 3.8) is 0 Å². The zero-order valence-electron chi connectivity index (χ0n) is 19.5. The summed E-state index contributed by atoms with van der Waals surface area (Å²) in [5, 5.41) is 3.26. The molecule has 33 heavy (non-hydrogen) atoms. The van der Waals surface area contributed by atoms with Gasteiger partial charge in [0.1, 0.15) is 5.70 Å². The molecule has 2 amide bonds. The molecule has 6 heteroatoms. The third kappa shape index (κ3) is 5.45. The first kappa shape index (κ1) is 23.1. The van der Waals surface area contributed by atoms with Crippen LogP contribution in [0.1, 0.15) is 45.1 Å². The van der Waals surface area contributed by atoms with Crippen LogP contribution in [0.5, 0.6) is 0 Å². The van der Waals surface area contributed by atoms with E-state index in [4.69, 9.17) is 4.74 Å². The Morgan fingerprint density at radius 2 is 1.61 bits per heavy atom. The zero-order chi connectivity index (χ0) is 23.2. The SMILES string of the molecule is CC(C)OCCCN1C(=O)C(Nc2ccc(N3CCCCC3)cc2)=C(c2ccccc2)C1=O. The quantitative estimate of drug-likeness (QED) is 0.447. The van der Waals surface area contributed by atoms with Gasteiger partial charge in [-0.3, -0.25) is 14.5 Å². The van der Waals surface area contributed by atoms with Crippen LogP contribution in [0.2, 0.25) is 0 Å². The van der Waals surface area contributed by atoms with Crippen molar-refractivity contribution < 1.29 is 14.3 Å². The van der Waals surface area contributed by atoms with Gasteiger partial charge in [0.2, 0.25) is 0 Å². The van der Waals surface area contributed by atoms with E-state index in [0.717, 1.165) is 24.3 Å². The zero-order valence-corrected chi connectivity index (χ0v) is 19.5. The van der Waals surface area contributed by atoms with Crippen LogP contribution in [0, 0.1) is 0 Å². The van der Waals surface area contributed by atoms with E-state index in [1.165, 1.54) is 29.8 Å². The molecule has 0 unspecified atom stereocenters. The second-order valence-corrected chi connectivity index (χ2v) is 8.87. The predicted molar refractivity (Wildman–Crippen MR) is 132 cm³/mol. The van der Waals surface area contributed by atoms with Crippen LogP contribution >= 0.6 is 0 Å². The second kappa shape index (κ2) is 10.7. The normalized spacial score (nSPS) is 16.8. The Morgan fingerprint density at radius 3 is 2.27 bits per heavy atom. The fourth-order valence-electron chi connectivity index (χ4n) is 4.36. The molecule has 2 aromatic carbocycles. The molecule has 0 bridgehead atoms. The maximum atomic E-state index is 13.3. The summed E-state index contributed by atoms with van der Waals surface area (Å²) in [4.78, 5) is 30.3. The fourth-order valence-corrected chi connectivity index (χ4v) is 4.36. The lowest BCUT2D eigenvalue weighted by atomic mass is 10.0. The molecule has 2 heterocycles. The monoisotopic (exact) mass is 447 g/mol. The van der Waals surface area contributed by atoms with Crippen molar-refractivity contribution in [3.8, 4) is 0 Å². The maximum absolute atomic E-state index is 13.3. The lowest BCUT2D eigenvalue weighted by molar-refractivity contribution is -0.137. The van der Waals surface area contributed by atoms with E-state index in [1.54, 1.807) is 0 Å². The summed E-state index contributed by atoms with van der Waals surface area (Å²) < 4.78 is 5.58. The number of imide groups is 1. The van der Waals surface area contributed by atoms with Crippen molar-refractivity contribution >= 4 is 28.8 Å². The molecule has 4 rings (SSSR count). The Kier molecular flexibility index (Phi) is 7.45. The summed E-state index contributed by atoms with van der Waals surface area (Å²) in [5.41, 5.74) is 3.49. The molecule has 2 aromatic rings. The van der Waals surface area contributed by atoms with Gasteiger partial charge in [0.15, 0.2) is 0 Å². The molecule has 174 valence electrons. The largest absolute Gasteiger partial charge is 0.379 e. The molecule has 0 radical (unpaired) electrons. The van der Waals surface area contributed by atoms with Crippen molar-refractivity contribution in [2.75, 3.05) is 36.5 Å². The van der Waals surface area contributed by atoms with E-state index in [1.807, 2.05) is 56.3 Å². The Morgan fingerprint density at radius 1 is 0.909 bits per heavy atom. The van der Waals surface area contributed by atoms with E-state index in [2.05, 4.69) is 22.3 Å². The molecular weight excluding hydrogens is 414 g/mol. The number of anilines is 2. The molecular formula is C27H33N3O3. The Hall–Kier alpha value is -3.12. The molecule has 2 aliphatic heterocycles. The minimum Gasteiger partial charge on any atom is -0.379 e. The first-order valence-electron chi connectivity index (χ1n) is 11.9. The standard InChI is InChI=1S/C27H33N3O3/c1-20(2)33-19-9-18-30-26(31)24(21-10-5-3-6-11-21)25(27(30)32)28-22-12-14-23(15-13-22)29-16-7-4-8-17-29/h3,5-6,10-15,20,28H,4,7-9,16-19H2,1-2H3. The van der Waals surface area contributed by atoms with Crippen LogP contribution in [0.3, 0.4) is 0 Å². The molecule has 0 atom stereocenters. The topological polar surface area (TPSA) is 61.9 Å². The average Bonchev–Trinajstić information content (AvgIpc) is 3.07. The van der Waals surface area contributed by atoms with Crippen LogP contribution < -0.4 is 10.2 Å². The molecule has 6 nitrogen and oxygen atoms in total. The van der Waals surface area contributed by atoms with Crippen molar-refractivity contribution in [3.05, 3.63) is 65.9 Å². The van der Waals surface area contributed by atoms with E-state index in [0.29, 0.717) is 30.8 Å². The summed E-state index contributed by atoms with van der Waals surface area (Å²) in [7, 11) is 0. The Labute approximate surface area is 196 Å². The van der Waals surface area contributed by atoms with Gasteiger partial charge < -0.3 is 15.0 Å². The van der Waals surface area contributed by atoms with Gasteiger partial charge in [0.25, 0.3) is 11.8 Å². The fraction of sp³-hybridized carbons (Fsp3) is 0.407. The maximum Gasteiger partial charge on any atom is 0.278 e. The van der Waals surface area contributed by atoms with E-state index >= 15 is 0 Å². The third-order valence-electron chi connectivity index (χ3n) is 6.07. The van der Waals surface area contributed by atoms with Crippen LogP contribution in [0.4, 0.5) is 11.4 Å². The predicted octanol–water partition coefficient (Wildman–Crippen LogP) is 4.68. The number of nitrogens with one attached hydrogen (secondary N) is 1. The summed E-state index contributed by atoms with van der Waals surface area (Å²) in [6.45, 7) is 6.95. The number of hydrogen-bond donors (Lipinski definition) is 1. The molecule has 0 saturated carbocycles. The van der Waals surface area contributed by atoms with E-state index < -0.39 is 0 Å². The van der Waals surface area contributed by atoms with E-state index in [-0.39, 0.29) is 17.9 Å². The van der Waals surface area contributed by atoms with E-state index in [9.17, 15) is 9.59 Å². The van der Waals surface area contributed by atoms with Crippen molar-refractivity contribution in [1.29, 1.82) is 0 Å². The van der Waals surface area contributed by atoms with Crippen molar-refractivity contribution in [1.82, 2.24) is 4.90 Å². The highest BCUT2D eigenvalue weighted by Crippen LogP contribution is 2.31. The third-order valence-corrected chi connectivity index (χ3v) is 6.07. The van der Waals surface area contributed by atoms with Crippen LogP contribution in [0.15, 0.2) is 60.3 Å². The number of ether oxygens (including phenoxy) is 1. The van der Waals surface area contributed by atoms with Crippen LogP contribution in [0.25, 0.3) is 5.57 Å². The molecule has 1 fully saturated rings. The number of amides is 2. The molecule has 0 aliphatic carbocycles. The Bertz CT molecular complexity index is 993. The lowest BCUT2D eigenvalue weighted by Crippen LogP contribution is -2.34. The van der Waals surface area contributed by atoms with Gasteiger partial charge in [-0.15, -0.1) is 0 Å². The summed E-state index contributed by atoms with van der Waals surface area (Å²) in [5.74, 6) is -0.549. The number of rotatable bonds is 9. The van der Waals surface area contributed by atoms with Gasteiger partial charge in [-0.05, 0) is 69.4 Å². The lowest BCUT2D eigenvalue weighted by Gasteiger charge is -2.28. The number of nitrogens with zero attached hydrogens (tertiary/aromatic N) is 2. The Balaban J connectivity index is 1.54. The first-order valence-corrected chi connectivity index (χ1v) is 11.9. The highest BCUT2D eigenvalue weighted by Gasteiger charge is 2.38. The highest BCUT2D eigenvalue weighted by atomic mass is 16.5. The molecule has 1 saturated heterocycles. The van der Waals surface area contributed by atoms with Crippen LogP contribution in [-0.4, -0.2) is 49.1 Å². The number of carbonyl (C=O) groups excluding carboxylic acids is 2. The van der Waals surface area contributed by atoms with Gasteiger partial charge >= 0.3 is 0 Å². The summed E-state index contributed by atoms with van der Waals surface area (Å²) >= 11 is 0. The smallest absolute Gasteiger partial charge is 0.278 e. The minimum absolute atomic E-state index is 0.123. The number of benzene rings is 2. The molecule has 1 N–H and O–H groups in total. The van der Waals surface area contributed by atoms with Crippen molar-refractivity contribution in [2.45, 2.75) is 45.6 Å². The summed E-state index contributed by atoms with van der Waals surface area (Å²) in [6.07, 6.45) is 4.47. The molecule has 0 spiro atoms. The first-order chi connectivity index (χ1) is 16.0. The van der Waals surface area contributed by atoms with Gasteiger partial charge in [-0.2, -0.15) is 0 Å². The highest BCUT2D eigenvalue weighted by molar-refractivity contribution is 6.36. The number of piperidine rings is 1. The van der Waals surface area contributed by atoms with Gasteiger partial charge in [0, 0.05) is 37.6 Å². The molecule has 0 aromatic heterocycles.